The molecular weight excluding hydrogens is 576 g/mol. The van der Waals surface area contributed by atoms with Gasteiger partial charge in [-0.3, -0.25) is 28.8 Å². The van der Waals surface area contributed by atoms with Crippen molar-refractivity contribution in [1.82, 2.24) is 0 Å². The summed E-state index contributed by atoms with van der Waals surface area (Å²) in [5.74, 6) is -4.72. The van der Waals surface area contributed by atoms with Gasteiger partial charge in [-0.05, 0) is 49.2 Å². The summed E-state index contributed by atoms with van der Waals surface area (Å²) in [5, 5.41) is 22.1. The average Bonchev–Trinajstić information content (AvgIpc) is 3.52. The number of Topliss-reactive ketones (excluding diaryl/α,β-unsaturated/α-hetero) is 4. The smallest absolute Gasteiger partial charge is 0.309 e. The standard InChI is InChI=1S/C32H22O12/c1-9-21-25(31-17(41-9)7-19(35)43-31)27(37)13-3-11(5-15(33)23(13)29(21)39)12-4-14-24(16(34)6-12)30(40)22-10(2)42-18-8-20(36)44-32(18)26(22)28(14)38/h3-6,9-10,17-18,31-34H,7-8H2,1-2H3/t9-,10-,17-,18-,31+,32+/m1/s1. The molecule has 2 saturated heterocycles. The fraction of sp³-hybridized carbons (Fsp3) is 0.312. The largest absolute Gasteiger partial charge is 0.507 e. The Morgan fingerprint density at radius 2 is 0.955 bits per heavy atom. The first kappa shape index (κ1) is 26.7. The Labute approximate surface area is 247 Å². The lowest BCUT2D eigenvalue weighted by Gasteiger charge is -2.35. The highest BCUT2D eigenvalue weighted by Gasteiger charge is 2.53. The molecule has 12 heteroatoms. The zero-order valence-corrected chi connectivity index (χ0v) is 23.2. The Morgan fingerprint density at radius 1 is 0.568 bits per heavy atom. The van der Waals surface area contributed by atoms with E-state index in [1.165, 1.54) is 24.3 Å². The number of phenolic OH excluding ortho intramolecular Hbond substituents is 2. The summed E-state index contributed by atoms with van der Waals surface area (Å²) in [4.78, 5) is 79.0. The highest BCUT2D eigenvalue weighted by atomic mass is 16.6. The first-order valence-electron chi connectivity index (χ1n) is 14.1. The Morgan fingerprint density at radius 3 is 1.34 bits per heavy atom. The highest BCUT2D eigenvalue weighted by molar-refractivity contribution is 6.30. The number of fused-ring (bicyclic) bond motifs is 6. The number of benzene rings is 2. The zero-order valence-electron chi connectivity index (χ0n) is 23.2. The SMILES string of the molecule is C[C@H]1O[C@@H]2CC(=O)O[C@@H]2C2=C1C(=O)c1c(O)cc(-c3cc(O)c4c(c3)C(=O)C3=C(C4=O)[C@@H](C)O[C@@H]4CC(=O)O[C@H]34)cc1C2=O. The molecule has 2 fully saturated rings. The molecule has 2 aromatic carbocycles. The molecule has 0 radical (unpaired) electrons. The number of ketones is 4. The van der Waals surface area contributed by atoms with E-state index >= 15 is 0 Å². The van der Waals surface area contributed by atoms with Gasteiger partial charge in [0, 0.05) is 22.3 Å². The van der Waals surface area contributed by atoms with Crippen molar-refractivity contribution in [2.75, 3.05) is 0 Å². The summed E-state index contributed by atoms with van der Waals surface area (Å²) in [6.07, 6.45) is -5.41. The van der Waals surface area contributed by atoms with E-state index in [2.05, 4.69) is 0 Å². The molecule has 0 spiro atoms. The van der Waals surface area contributed by atoms with Gasteiger partial charge in [-0.25, -0.2) is 0 Å². The minimum absolute atomic E-state index is 0.00326. The summed E-state index contributed by atoms with van der Waals surface area (Å²) in [6, 6.07) is 5.12. The van der Waals surface area contributed by atoms with E-state index in [9.17, 15) is 39.0 Å². The third-order valence-electron chi connectivity index (χ3n) is 9.14. The average molecular weight is 599 g/mol. The number of aromatic hydroxyl groups is 2. The second-order valence-corrected chi connectivity index (χ2v) is 11.7. The number of esters is 2. The molecule has 0 saturated carbocycles. The maximum absolute atomic E-state index is 13.9. The van der Waals surface area contributed by atoms with Gasteiger partial charge in [0.2, 0.25) is 0 Å². The molecule has 8 rings (SSSR count). The second-order valence-electron chi connectivity index (χ2n) is 11.7. The Hall–Kier alpha value is -4.94. The van der Waals surface area contributed by atoms with Crippen molar-refractivity contribution in [2.24, 2.45) is 0 Å². The van der Waals surface area contributed by atoms with E-state index in [0.29, 0.717) is 0 Å². The van der Waals surface area contributed by atoms with Gasteiger partial charge in [0.15, 0.2) is 35.3 Å². The summed E-state index contributed by atoms with van der Waals surface area (Å²) in [7, 11) is 0. The van der Waals surface area contributed by atoms with Crippen molar-refractivity contribution in [3.8, 4) is 22.6 Å². The van der Waals surface area contributed by atoms with Crippen LogP contribution in [0.3, 0.4) is 0 Å². The normalized spacial score (nSPS) is 30.3. The van der Waals surface area contributed by atoms with Gasteiger partial charge < -0.3 is 29.2 Å². The van der Waals surface area contributed by atoms with Crippen LogP contribution in [0.4, 0.5) is 0 Å². The van der Waals surface area contributed by atoms with Crippen molar-refractivity contribution in [2.45, 2.75) is 63.3 Å². The monoisotopic (exact) mass is 598 g/mol. The summed E-state index contributed by atoms with van der Waals surface area (Å²) in [5.41, 5.74) is -0.450. The molecule has 2 aliphatic carbocycles. The van der Waals surface area contributed by atoms with Crippen LogP contribution in [0.2, 0.25) is 0 Å². The number of rotatable bonds is 1. The highest BCUT2D eigenvalue weighted by Crippen LogP contribution is 2.46. The molecule has 6 atom stereocenters. The van der Waals surface area contributed by atoms with Gasteiger partial charge in [0.25, 0.3) is 0 Å². The van der Waals surface area contributed by atoms with E-state index in [0.717, 1.165) is 0 Å². The third-order valence-corrected chi connectivity index (χ3v) is 9.14. The molecule has 0 unspecified atom stereocenters. The van der Waals surface area contributed by atoms with Gasteiger partial charge in [0.1, 0.15) is 23.7 Å². The molecule has 0 aromatic heterocycles. The molecular formula is C32H22O12. The van der Waals surface area contributed by atoms with Crippen LogP contribution in [0.25, 0.3) is 11.1 Å². The molecule has 2 N–H and O–H groups in total. The van der Waals surface area contributed by atoms with Gasteiger partial charge in [0.05, 0.1) is 47.3 Å². The molecule has 0 amide bonds. The van der Waals surface area contributed by atoms with Gasteiger partial charge >= 0.3 is 11.9 Å². The van der Waals surface area contributed by atoms with E-state index in [1.807, 2.05) is 0 Å². The Bertz CT molecular complexity index is 1770. The molecule has 2 aromatic rings. The number of hydrogen-bond donors (Lipinski definition) is 2. The van der Waals surface area contributed by atoms with Crippen molar-refractivity contribution in [1.29, 1.82) is 0 Å². The van der Waals surface area contributed by atoms with Crippen LogP contribution < -0.4 is 0 Å². The van der Waals surface area contributed by atoms with Crippen LogP contribution in [0.1, 0.15) is 68.1 Å². The van der Waals surface area contributed by atoms with E-state index in [1.54, 1.807) is 13.8 Å². The predicted molar refractivity (Wildman–Crippen MR) is 144 cm³/mol. The molecule has 4 aliphatic heterocycles. The molecule has 44 heavy (non-hydrogen) atoms. The molecule has 6 aliphatic rings. The lowest BCUT2D eigenvalue weighted by atomic mass is 9.75. The first-order chi connectivity index (χ1) is 20.9. The zero-order chi connectivity index (χ0) is 30.9. The molecule has 4 heterocycles. The maximum Gasteiger partial charge on any atom is 0.309 e. The lowest BCUT2D eigenvalue weighted by Crippen LogP contribution is -2.44. The minimum Gasteiger partial charge on any atom is -0.507 e. The minimum atomic E-state index is -1.07. The Balaban J connectivity index is 1.24. The number of carbonyl (C=O) groups is 6. The van der Waals surface area contributed by atoms with Gasteiger partial charge in [-0.1, -0.05) is 0 Å². The van der Waals surface area contributed by atoms with E-state index in [4.69, 9.17) is 18.9 Å². The summed E-state index contributed by atoms with van der Waals surface area (Å²) < 4.78 is 22.3. The molecule has 0 bridgehead atoms. The van der Waals surface area contributed by atoms with Crippen LogP contribution in [0.15, 0.2) is 46.6 Å². The van der Waals surface area contributed by atoms with Crippen LogP contribution in [-0.2, 0) is 28.5 Å². The summed E-state index contributed by atoms with van der Waals surface area (Å²) in [6.45, 7) is 3.16. The van der Waals surface area contributed by atoms with Crippen LogP contribution in [-0.4, -0.2) is 81.9 Å². The van der Waals surface area contributed by atoms with Crippen molar-refractivity contribution in [3.63, 3.8) is 0 Å². The fourth-order valence-corrected chi connectivity index (χ4v) is 7.31. The van der Waals surface area contributed by atoms with Crippen LogP contribution in [0, 0.1) is 0 Å². The number of ether oxygens (including phenoxy) is 4. The quantitative estimate of drug-likeness (QED) is 0.458. The van der Waals surface area contributed by atoms with E-state index in [-0.39, 0.29) is 68.5 Å². The fourth-order valence-electron chi connectivity index (χ4n) is 7.31. The third kappa shape index (κ3) is 3.40. The van der Waals surface area contributed by atoms with Crippen molar-refractivity contribution in [3.05, 3.63) is 68.8 Å². The first-order valence-corrected chi connectivity index (χ1v) is 14.1. The molecule has 222 valence electrons. The van der Waals surface area contributed by atoms with Gasteiger partial charge in [-0.2, -0.15) is 0 Å². The van der Waals surface area contributed by atoms with E-state index < -0.39 is 83.2 Å². The van der Waals surface area contributed by atoms with Gasteiger partial charge in [-0.15, -0.1) is 0 Å². The number of carbonyl (C=O) groups excluding carboxylic acids is 6. The summed E-state index contributed by atoms with van der Waals surface area (Å²) >= 11 is 0. The topological polar surface area (TPSA) is 180 Å². The maximum atomic E-state index is 13.9. The number of phenols is 2. The van der Waals surface area contributed by atoms with Crippen molar-refractivity contribution >= 4 is 35.1 Å². The van der Waals surface area contributed by atoms with Crippen LogP contribution >= 0.6 is 0 Å². The van der Waals surface area contributed by atoms with Crippen LogP contribution in [0.5, 0.6) is 11.5 Å². The Kier molecular flexibility index (Phi) is 5.34. The second kappa shape index (κ2) is 8.80. The number of hydrogen-bond acceptors (Lipinski definition) is 12. The lowest BCUT2D eigenvalue weighted by molar-refractivity contribution is -0.141. The van der Waals surface area contributed by atoms with Crippen molar-refractivity contribution < 1.29 is 57.9 Å². The molecule has 12 nitrogen and oxygen atoms in total. The predicted octanol–water partition coefficient (Wildman–Crippen LogP) is 2.32.